The number of imidazole rings is 1. The number of fused-ring (bicyclic) bond motifs is 1. The standard InChI is InChI=1S/C27H30F2N6O2/c1-33-13-5-6-18(16-33)11-12-30-26-31-15-24-25(32-26)35(19-7-3-8-20(14-19)37-2)27(36)34(24)17-21-22(28)9-4-10-23(21)29/h3-4,7-10,14-15,18H,5-6,11-13,16-17H2,1-2H3,(H,30,31,32). The van der Waals surface area contributed by atoms with Crippen LogP contribution in [0.4, 0.5) is 14.7 Å². The summed E-state index contributed by atoms with van der Waals surface area (Å²) in [5.41, 5.74) is 0.549. The van der Waals surface area contributed by atoms with E-state index in [0.717, 1.165) is 19.5 Å². The van der Waals surface area contributed by atoms with Crippen LogP contribution < -0.4 is 15.7 Å². The lowest BCUT2D eigenvalue weighted by molar-refractivity contribution is 0.205. The predicted molar refractivity (Wildman–Crippen MR) is 138 cm³/mol. The van der Waals surface area contributed by atoms with Gasteiger partial charge in [0.1, 0.15) is 22.9 Å². The second-order valence-corrected chi connectivity index (χ2v) is 9.49. The van der Waals surface area contributed by atoms with E-state index in [1.54, 1.807) is 31.4 Å². The molecule has 0 saturated carbocycles. The molecule has 1 N–H and O–H groups in total. The topological polar surface area (TPSA) is 77.2 Å². The summed E-state index contributed by atoms with van der Waals surface area (Å²) >= 11 is 0. The highest BCUT2D eigenvalue weighted by Gasteiger charge is 2.21. The molecule has 0 radical (unpaired) electrons. The van der Waals surface area contributed by atoms with Crippen LogP contribution in [0.2, 0.25) is 0 Å². The second-order valence-electron chi connectivity index (χ2n) is 9.49. The van der Waals surface area contributed by atoms with Crippen LogP contribution in [0.5, 0.6) is 5.75 Å². The van der Waals surface area contributed by atoms with Crippen molar-refractivity contribution in [3.05, 3.63) is 76.3 Å². The van der Waals surface area contributed by atoms with Gasteiger partial charge in [0.25, 0.3) is 0 Å². The number of aromatic nitrogens is 4. The van der Waals surface area contributed by atoms with Crippen molar-refractivity contribution in [2.45, 2.75) is 25.8 Å². The predicted octanol–water partition coefficient (Wildman–Crippen LogP) is 4.06. The summed E-state index contributed by atoms with van der Waals surface area (Å²) in [6, 6.07) is 10.6. The summed E-state index contributed by atoms with van der Waals surface area (Å²) in [5.74, 6) is 0.128. The zero-order valence-electron chi connectivity index (χ0n) is 21.0. The Labute approximate surface area is 213 Å². The first-order valence-electron chi connectivity index (χ1n) is 12.4. The van der Waals surface area contributed by atoms with Gasteiger partial charge in [-0.1, -0.05) is 12.1 Å². The van der Waals surface area contributed by atoms with E-state index in [2.05, 4.69) is 27.2 Å². The Morgan fingerprint density at radius 3 is 2.70 bits per heavy atom. The van der Waals surface area contributed by atoms with Gasteiger partial charge in [0, 0.05) is 24.7 Å². The third kappa shape index (κ3) is 5.20. The van der Waals surface area contributed by atoms with Gasteiger partial charge in [-0.25, -0.2) is 23.1 Å². The molecule has 0 spiro atoms. The van der Waals surface area contributed by atoms with Crippen LogP contribution in [0.1, 0.15) is 24.8 Å². The number of halogens is 2. The molecule has 1 atom stereocenters. The summed E-state index contributed by atoms with van der Waals surface area (Å²) in [6.45, 7) is 2.62. The van der Waals surface area contributed by atoms with Crippen LogP contribution in [0.25, 0.3) is 16.9 Å². The maximum atomic E-state index is 14.5. The van der Waals surface area contributed by atoms with E-state index in [1.807, 2.05) is 0 Å². The normalized spacial score (nSPS) is 16.3. The van der Waals surface area contributed by atoms with Crippen molar-refractivity contribution >= 4 is 17.1 Å². The summed E-state index contributed by atoms with van der Waals surface area (Å²) in [7, 11) is 3.69. The molecule has 0 amide bonds. The Morgan fingerprint density at radius 1 is 1.16 bits per heavy atom. The van der Waals surface area contributed by atoms with Gasteiger partial charge >= 0.3 is 5.69 Å². The van der Waals surface area contributed by atoms with Crippen molar-refractivity contribution in [1.29, 1.82) is 0 Å². The molecule has 0 bridgehead atoms. The molecule has 1 fully saturated rings. The minimum absolute atomic E-state index is 0.200. The van der Waals surface area contributed by atoms with Crippen molar-refractivity contribution in [1.82, 2.24) is 24.0 Å². The number of nitrogens with zero attached hydrogens (tertiary/aromatic N) is 5. The molecular formula is C27H30F2N6O2. The first kappa shape index (κ1) is 24.9. The fraction of sp³-hybridized carbons (Fsp3) is 0.370. The van der Waals surface area contributed by atoms with Gasteiger partial charge in [-0.2, -0.15) is 4.98 Å². The van der Waals surface area contributed by atoms with Gasteiger partial charge in [0.15, 0.2) is 5.65 Å². The Kier molecular flexibility index (Phi) is 7.18. The molecule has 0 aliphatic carbocycles. The van der Waals surface area contributed by atoms with Gasteiger partial charge in [-0.05, 0) is 63.0 Å². The molecule has 5 rings (SSSR count). The van der Waals surface area contributed by atoms with E-state index < -0.39 is 17.3 Å². The quantitative estimate of drug-likeness (QED) is 0.387. The average Bonchev–Trinajstić information content (AvgIpc) is 3.16. The fourth-order valence-corrected chi connectivity index (χ4v) is 4.99. The number of anilines is 1. The van der Waals surface area contributed by atoms with Crippen LogP contribution in [-0.2, 0) is 6.54 Å². The van der Waals surface area contributed by atoms with Crippen molar-refractivity contribution in [3.63, 3.8) is 0 Å². The number of likely N-dealkylation sites (tertiary alicyclic amines) is 1. The maximum Gasteiger partial charge on any atom is 0.335 e. The number of piperidine rings is 1. The summed E-state index contributed by atoms with van der Waals surface area (Å²) in [4.78, 5) is 25.0. The molecular weight excluding hydrogens is 478 g/mol. The number of methoxy groups -OCH3 is 1. The molecule has 10 heteroatoms. The van der Waals surface area contributed by atoms with Gasteiger partial charge in [-0.3, -0.25) is 4.57 Å². The molecule has 1 saturated heterocycles. The maximum absolute atomic E-state index is 14.5. The first-order chi connectivity index (χ1) is 17.9. The monoisotopic (exact) mass is 508 g/mol. The number of rotatable bonds is 8. The van der Waals surface area contributed by atoms with Crippen LogP contribution in [0, 0.1) is 17.6 Å². The van der Waals surface area contributed by atoms with Gasteiger partial charge in [0.05, 0.1) is 25.5 Å². The third-order valence-electron chi connectivity index (χ3n) is 6.92. The van der Waals surface area contributed by atoms with Crippen LogP contribution in [-0.4, -0.2) is 57.8 Å². The van der Waals surface area contributed by atoms with Crippen LogP contribution in [0.3, 0.4) is 0 Å². The Morgan fingerprint density at radius 2 is 1.95 bits per heavy atom. The van der Waals surface area contributed by atoms with Crippen molar-refractivity contribution in [3.8, 4) is 11.4 Å². The SMILES string of the molecule is COc1cccc(-n2c(=O)n(Cc3c(F)cccc3F)c3cnc(NCCC4CCCN(C)C4)nc32)c1. The molecule has 2 aromatic heterocycles. The van der Waals surface area contributed by atoms with Gasteiger partial charge in [-0.15, -0.1) is 0 Å². The van der Waals surface area contributed by atoms with E-state index in [-0.39, 0.29) is 12.1 Å². The number of benzene rings is 2. The van der Waals surface area contributed by atoms with E-state index in [9.17, 15) is 13.6 Å². The van der Waals surface area contributed by atoms with E-state index in [4.69, 9.17) is 4.74 Å². The highest BCUT2D eigenvalue weighted by atomic mass is 19.1. The minimum Gasteiger partial charge on any atom is -0.497 e. The van der Waals surface area contributed by atoms with Crippen LogP contribution >= 0.6 is 0 Å². The molecule has 4 aromatic rings. The number of hydrogen-bond donors (Lipinski definition) is 1. The molecule has 37 heavy (non-hydrogen) atoms. The van der Waals surface area contributed by atoms with Crippen molar-refractivity contribution in [2.75, 3.05) is 39.1 Å². The zero-order chi connectivity index (χ0) is 25.9. The first-order valence-corrected chi connectivity index (χ1v) is 12.4. The average molecular weight is 509 g/mol. The molecule has 1 aliphatic rings. The summed E-state index contributed by atoms with van der Waals surface area (Å²) < 4.78 is 36.9. The third-order valence-corrected chi connectivity index (χ3v) is 6.92. The molecule has 3 heterocycles. The Balaban J connectivity index is 1.52. The Bertz CT molecular complexity index is 1450. The fourth-order valence-electron chi connectivity index (χ4n) is 4.99. The highest BCUT2D eigenvalue weighted by molar-refractivity contribution is 5.74. The zero-order valence-corrected chi connectivity index (χ0v) is 21.0. The minimum atomic E-state index is -0.721. The molecule has 1 unspecified atom stereocenters. The largest absolute Gasteiger partial charge is 0.497 e. The smallest absolute Gasteiger partial charge is 0.335 e. The Hall–Kier alpha value is -3.79. The lowest BCUT2D eigenvalue weighted by atomic mass is 9.95. The van der Waals surface area contributed by atoms with E-state index >= 15 is 0 Å². The summed E-state index contributed by atoms with van der Waals surface area (Å²) in [6.07, 6.45) is 4.92. The van der Waals surface area contributed by atoms with Crippen molar-refractivity contribution in [2.24, 2.45) is 5.92 Å². The number of hydrogen-bond acceptors (Lipinski definition) is 6. The van der Waals surface area contributed by atoms with Gasteiger partial charge < -0.3 is 15.0 Å². The number of ether oxygens (including phenoxy) is 1. The highest BCUT2D eigenvalue weighted by Crippen LogP contribution is 2.23. The molecule has 194 valence electrons. The molecule has 1 aliphatic heterocycles. The second kappa shape index (κ2) is 10.7. The molecule has 8 nitrogen and oxygen atoms in total. The number of nitrogens with one attached hydrogen (secondary N) is 1. The lowest BCUT2D eigenvalue weighted by Crippen LogP contribution is -2.32. The lowest BCUT2D eigenvalue weighted by Gasteiger charge is -2.29. The molecule has 2 aromatic carbocycles. The van der Waals surface area contributed by atoms with E-state index in [0.29, 0.717) is 41.0 Å². The van der Waals surface area contributed by atoms with Crippen LogP contribution in [0.15, 0.2) is 53.5 Å². The summed E-state index contributed by atoms with van der Waals surface area (Å²) in [5, 5.41) is 3.29. The van der Waals surface area contributed by atoms with E-state index in [1.165, 1.54) is 46.4 Å². The van der Waals surface area contributed by atoms with Crippen molar-refractivity contribution < 1.29 is 13.5 Å². The van der Waals surface area contributed by atoms with Gasteiger partial charge in [0.2, 0.25) is 5.95 Å².